The Morgan fingerprint density at radius 3 is 2.40 bits per heavy atom. The van der Waals surface area contributed by atoms with E-state index in [-0.39, 0.29) is 0 Å². The van der Waals surface area contributed by atoms with Crippen LogP contribution in [0.25, 0.3) is 0 Å². The van der Waals surface area contributed by atoms with E-state index in [0.717, 1.165) is 12.1 Å². The van der Waals surface area contributed by atoms with E-state index in [1.54, 1.807) is 0 Å². The van der Waals surface area contributed by atoms with Crippen LogP contribution in [0.5, 0.6) is 0 Å². The van der Waals surface area contributed by atoms with Gasteiger partial charge in [-0.15, -0.1) is 0 Å². The minimum absolute atomic E-state index is 0.471. The van der Waals surface area contributed by atoms with Gasteiger partial charge in [-0.05, 0) is 38.5 Å². The molecule has 1 fully saturated rings. The van der Waals surface area contributed by atoms with Gasteiger partial charge in [0.05, 0.1) is 0 Å². The molecule has 1 rings (SSSR count). The Hall–Kier alpha value is -0.0800. The predicted octanol–water partition coefficient (Wildman–Crippen LogP) is 2.81. The Balaban J connectivity index is 2.19. The molecule has 0 aliphatic heterocycles. The van der Waals surface area contributed by atoms with Crippen molar-refractivity contribution >= 4 is 0 Å². The number of hydrogen-bond acceptors (Lipinski definition) is 2. The molecule has 3 N–H and O–H groups in total. The summed E-state index contributed by atoms with van der Waals surface area (Å²) >= 11 is 0. The molecule has 0 amide bonds. The zero-order chi connectivity index (χ0) is 11.1. The maximum absolute atomic E-state index is 5.91. The summed E-state index contributed by atoms with van der Waals surface area (Å²) in [5.74, 6) is 0. The van der Waals surface area contributed by atoms with E-state index in [0.29, 0.717) is 6.04 Å². The molecule has 0 radical (unpaired) electrons. The van der Waals surface area contributed by atoms with Crippen LogP contribution in [-0.2, 0) is 0 Å². The van der Waals surface area contributed by atoms with Crippen molar-refractivity contribution in [3.63, 3.8) is 0 Å². The zero-order valence-corrected chi connectivity index (χ0v) is 10.5. The van der Waals surface area contributed by atoms with Crippen molar-refractivity contribution in [2.75, 3.05) is 0 Å². The normalized spacial score (nSPS) is 29.0. The lowest BCUT2D eigenvalue weighted by Gasteiger charge is -2.30. The van der Waals surface area contributed by atoms with Gasteiger partial charge in [0.25, 0.3) is 0 Å². The molecule has 0 saturated heterocycles. The lowest BCUT2D eigenvalue weighted by atomic mass is 9.91. The van der Waals surface area contributed by atoms with Crippen LogP contribution in [0.4, 0.5) is 0 Å². The summed E-state index contributed by atoms with van der Waals surface area (Å²) in [5.41, 5.74) is 5.91. The van der Waals surface area contributed by atoms with Gasteiger partial charge >= 0.3 is 0 Å². The number of nitrogens with two attached hydrogens (primary N) is 1. The second-order valence-corrected chi connectivity index (χ2v) is 5.03. The third-order valence-electron chi connectivity index (χ3n) is 3.64. The smallest absolute Gasteiger partial charge is 0.00708 e. The fourth-order valence-electron chi connectivity index (χ4n) is 2.48. The molecule has 0 spiro atoms. The summed E-state index contributed by atoms with van der Waals surface area (Å²) in [6.45, 7) is 4.56. The Bertz CT molecular complexity index is 148. The first-order valence-corrected chi connectivity index (χ1v) is 6.77. The monoisotopic (exact) mass is 212 g/mol. The summed E-state index contributed by atoms with van der Waals surface area (Å²) in [7, 11) is 0. The van der Waals surface area contributed by atoms with E-state index in [4.69, 9.17) is 5.73 Å². The molecule has 0 aromatic carbocycles. The zero-order valence-electron chi connectivity index (χ0n) is 10.5. The molecular weight excluding hydrogens is 184 g/mol. The van der Waals surface area contributed by atoms with E-state index in [2.05, 4.69) is 19.2 Å². The standard InChI is InChI=1S/C13H28N2/c1-3-5-6-12(4-2)15-13-9-7-11(14)8-10-13/h11-13,15H,3-10,14H2,1-2H3. The minimum Gasteiger partial charge on any atom is -0.328 e. The lowest BCUT2D eigenvalue weighted by Crippen LogP contribution is -2.42. The van der Waals surface area contributed by atoms with Crippen molar-refractivity contribution in [2.24, 2.45) is 5.73 Å². The molecule has 1 aliphatic carbocycles. The highest BCUT2D eigenvalue weighted by atomic mass is 15.0. The van der Waals surface area contributed by atoms with Crippen LogP contribution in [0.3, 0.4) is 0 Å². The fraction of sp³-hybridized carbons (Fsp3) is 1.00. The van der Waals surface area contributed by atoms with Gasteiger partial charge in [-0.1, -0.05) is 26.7 Å². The number of hydrogen-bond donors (Lipinski definition) is 2. The second-order valence-electron chi connectivity index (χ2n) is 5.03. The predicted molar refractivity (Wildman–Crippen MR) is 67.0 cm³/mol. The first-order chi connectivity index (χ1) is 7.26. The highest BCUT2D eigenvalue weighted by Crippen LogP contribution is 2.18. The Morgan fingerprint density at radius 1 is 1.20 bits per heavy atom. The third-order valence-corrected chi connectivity index (χ3v) is 3.64. The number of nitrogens with one attached hydrogen (secondary N) is 1. The molecule has 90 valence electrons. The molecule has 0 bridgehead atoms. The SMILES string of the molecule is CCCCC(CC)NC1CCC(N)CC1. The topological polar surface area (TPSA) is 38.0 Å². The molecule has 1 aliphatic rings. The van der Waals surface area contributed by atoms with Crippen LogP contribution in [0, 0.1) is 0 Å². The number of rotatable bonds is 6. The molecule has 0 heterocycles. The molecular formula is C13H28N2. The van der Waals surface area contributed by atoms with E-state index in [9.17, 15) is 0 Å². The van der Waals surface area contributed by atoms with E-state index < -0.39 is 0 Å². The van der Waals surface area contributed by atoms with Gasteiger partial charge in [0.1, 0.15) is 0 Å². The van der Waals surface area contributed by atoms with E-state index in [1.807, 2.05) is 0 Å². The van der Waals surface area contributed by atoms with Crippen molar-refractivity contribution in [1.82, 2.24) is 5.32 Å². The minimum atomic E-state index is 0.471. The molecule has 1 atom stereocenters. The first kappa shape index (κ1) is 13.0. The van der Waals surface area contributed by atoms with Crippen molar-refractivity contribution in [1.29, 1.82) is 0 Å². The van der Waals surface area contributed by atoms with Crippen LogP contribution >= 0.6 is 0 Å². The van der Waals surface area contributed by atoms with Gasteiger partial charge in [-0.25, -0.2) is 0 Å². The van der Waals surface area contributed by atoms with Gasteiger partial charge < -0.3 is 11.1 Å². The van der Waals surface area contributed by atoms with Gasteiger partial charge in [-0.2, -0.15) is 0 Å². The maximum atomic E-state index is 5.91. The second kappa shape index (κ2) is 7.24. The van der Waals surface area contributed by atoms with Gasteiger partial charge in [-0.3, -0.25) is 0 Å². The molecule has 0 aromatic heterocycles. The lowest BCUT2D eigenvalue weighted by molar-refractivity contribution is 0.301. The third kappa shape index (κ3) is 4.98. The highest BCUT2D eigenvalue weighted by molar-refractivity contribution is 4.81. The molecule has 2 nitrogen and oxygen atoms in total. The summed E-state index contributed by atoms with van der Waals surface area (Å²) < 4.78 is 0. The van der Waals surface area contributed by atoms with Crippen LogP contribution in [0.1, 0.15) is 65.2 Å². The molecule has 1 unspecified atom stereocenters. The molecule has 2 heteroatoms. The van der Waals surface area contributed by atoms with Crippen molar-refractivity contribution in [3.05, 3.63) is 0 Å². The Kier molecular flexibility index (Phi) is 6.26. The van der Waals surface area contributed by atoms with Crippen molar-refractivity contribution in [2.45, 2.75) is 83.3 Å². The van der Waals surface area contributed by atoms with Crippen molar-refractivity contribution in [3.8, 4) is 0 Å². The van der Waals surface area contributed by atoms with E-state index in [1.165, 1.54) is 51.4 Å². The van der Waals surface area contributed by atoms with Crippen LogP contribution in [0.15, 0.2) is 0 Å². The summed E-state index contributed by atoms with van der Waals surface area (Å²) in [6.07, 6.45) is 10.3. The van der Waals surface area contributed by atoms with Crippen LogP contribution in [0.2, 0.25) is 0 Å². The average Bonchev–Trinajstić information content (AvgIpc) is 2.27. The molecule has 0 aromatic rings. The highest BCUT2D eigenvalue weighted by Gasteiger charge is 2.20. The average molecular weight is 212 g/mol. The number of unbranched alkanes of at least 4 members (excludes halogenated alkanes) is 1. The molecule has 15 heavy (non-hydrogen) atoms. The van der Waals surface area contributed by atoms with Crippen LogP contribution < -0.4 is 11.1 Å². The quantitative estimate of drug-likeness (QED) is 0.710. The summed E-state index contributed by atoms with van der Waals surface area (Å²) in [4.78, 5) is 0. The fourth-order valence-corrected chi connectivity index (χ4v) is 2.48. The Morgan fingerprint density at radius 2 is 1.87 bits per heavy atom. The Labute approximate surface area is 95.0 Å². The summed E-state index contributed by atoms with van der Waals surface area (Å²) in [6, 6.07) is 1.95. The molecule has 1 saturated carbocycles. The van der Waals surface area contributed by atoms with Crippen molar-refractivity contribution < 1.29 is 0 Å². The largest absolute Gasteiger partial charge is 0.328 e. The maximum Gasteiger partial charge on any atom is 0.00708 e. The first-order valence-electron chi connectivity index (χ1n) is 6.77. The van der Waals surface area contributed by atoms with Crippen LogP contribution in [-0.4, -0.2) is 18.1 Å². The van der Waals surface area contributed by atoms with E-state index >= 15 is 0 Å². The van der Waals surface area contributed by atoms with Gasteiger partial charge in [0, 0.05) is 18.1 Å². The van der Waals surface area contributed by atoms with Gasteiger partial charge in [0.15, 0.2) is 0 Å². The van der Waals surface area contributed by atoms with Gasteiger partial charge in [0.2, 0.25) is 0 Å². The summed E-state index contributed by atoms with van der Waals surface area (Å²) in [5, 5.41) is 3.81.